The van der Waals surface area contributed by atoms with Crippen LogP contribution in [0.3, 0.4) is 0 Å². The summed E-state index contributed by atoms with van der Waals surface area (Å²) in [5, 5.41) is 0. The van der Waals surface area contributed by atoms with Gasteiger partial charge in [0.25, 0.3) is 0 Å². The first kappa shape index (κ1) is 11.4. The Morgan fingerprint density at radius 3 is 2.81 bits per heavy atom. The van der Waals surface area contributed by atoms with Crippen molar-refractivity contribution in [1.82, 2.24) is 9.55 Å². The molecule has 0 saturated heterocycles. The molecular formula is C12H14BrN3. The van der Waals surface area contributed by atoms with Crippen LogP contribution in [0.2, 0.25) is 0 Å². The highest BCUT2D eigenvalue weighted by molar-refractivity contribution is 9.10. The Morgan fingerprint density at radius 2 is 2.19 bits per heavy atom. The molecule has 84 valence electrons. The predicted molar refractivity (Wildman–Crippen MR) is 68.0 cm³/mol. The lowest BCUT2D eigenvalue weighted by molar-refractivity contribution is 0.698. The molecule has 2 aromatic rings. The molecule has 3 nitrogen and oxygen atoms in total. The van der Waals surface area contributed by atoms with Crippen molar-refractivity contribution >= 4 is 15.9 Å². The Hall–Kier alpha value is -1.13. The zero-order valence-electron chi connectivity index (χ0n) is 9.10. The molecule has 2 N–H and O–H groups in total. The first-order valence-corrected chi connectivity index (χ1v) is 5.93. The Kier molecular flexibility index (Phi) is 3.41. The van der Waals surface area contributed by atoms with E-state index in [1.165, 1.54) is 5.56 Å². The number of rotatable bonds is 3. The van der Waals surface area contributed by atoms with Crippen LogP contribution in [-0.4, -0.2) is 9.55 Å². The third-order valence-corrected chi connectivity index (χ3v) is 3.28. The summed E-state index contributed by atoms with van der Waals surface area (Å²) in [6, 6.07) is 8.07. The van der Waals surface area contributed by atoms with Gasteiger partial charge in [-0.25, -0.2) is 4.98 Å². The number of hydrogen-bond acceptors (Lipinski definition) is 2. The summed E-state index contributed by atoms with van der Waals surface area (Å²) in [4.78, 5) is 4.26. The average Bonchev–Trinajstić information content (AvgIpc) is 2.68. The molecule has 0 bridgehead atoms. The number of halogens is 1. The third-order valence-electron chi connectivity index (χ3n) is 2.50. The van der Waals surface area contributed by atoms with Crippen LogP contribution >= 0.6 is 15.9 Å². The third kappa shape index (κ3) is 2.51. The zero-order valence-corrected chi connectivity index (χ0v) is 10.7. The van der Waals surface area contributed by atoms with Gasteiger partial charge in [0.2, 0.25) is 0 Å². The number of nitrogens with zero attached hydrogens (tertiary/aromatic N) is 2. The summed E-state index contributed by atoms with van der Waals surface area (Å²) in [6.45, 7) is 0. The van der Waals surface area contributed by atoms with Gasteiger partial charge in [-0.05, 0) is 18.1 Å². The van der Waals surface area contributed by atoms with E-state index in [1.54, 1.807) is 6.33 Å². The zero-order chi connectivity index (χ0) is 11.5. The van der Waals surface area contributed by atoms with Crippen LogP contribution in [0.1, 0.15) is 17.3 Å². The van der Waals surface area contributed by atoms with E-state index < -0.39 is 0 Å². The molecule has 0 aliphatic carbocycles. The summed E-state index contributed by atoms with van der Waals surface area (Å²) < 4.78 is 3.01. The van der Waals surface area contributed by atoms with Crippen LogP contribution in [0.25, 0.3) is 0 Å². The maximum Gasteiger partial charge on any atom is 0.0947 e. The minimum atomic E-state index is -0.0556. The minimum Gasteiger partial charge on any atom is -0.340 e. The van der Waals surface area contributed by atoms with Gasteiger partial charge in [-0.15, -0.1) is 0 Å². The highest BCUT2D eigenvalue weighted by Crippen LogP contribution is 2.21. The van der Waals surface area contributed by atoms with Crippen LogP contribution < -0.4 is 5.73 Å². The van der Waals surface area contributed by atoms with Crippen molar-refractivity contribution < 1.29 is 0 Å². The molecule has 0 fully saturated rings. The van der Waals surface area contributed by atoms with Crippen molar-refractivity contribution in [3.8, 4) is 0 Å². The second-order valence-corrected chi connectivity index (χ2v) is 4.72. The van der Waals surface area contributed by atoms with Gasteiger partial charge in [0, 0.05) is 17.7 Å². The second kappa shape index (κ2) is 4.80. The van der Waals surface area contributed by atoms with Crippen molar-refractivity contribution in [2.45, 2.75) is 12.5 Å². The summed E-state index contributed by atoms with van der Waals surface area (Å²) in [6.07, 6.45) is 4.52. The molecule has 4 heteroatoms. The molecule has 0 radical (unpaired) electrons. The van der Waals surface area contributed by atoms with E-state index in [9.17, 15) is 0 Å². The smallest absolute Gasteiger partial charge is 0.0947 e. The van der Waals surface area contributed by atoms with E-state index >= 15 is 0 Å². The van der Waals surface area contributed by atoms with Crippen molar-refractivity contribution in [1.29, 1.82) is 0 Å². The standard InChI is InChI=1S/C12H14BrN3/c1-16-7-12(15-8-16)11(14)6-9-4-2-3-5-10(9)13/h2-5,7-8,11H,6,14H2,1H3. The molecule has 0 aliphatic heterocycles. The molecule has 0 amide bonds. The van der Waals surface area contributed by atoms with Crippen LogP contribution in [-0.2, 0) is 13.5 Å². The maximum atomic E-state index is 6.11. The van der Waals surface area contributed by atoms with Gasteiger partial charge in [0.1, 0.15) is 0 Å². The molecule has 1 aromatic heterocycles. The van der Waals surface area contributed by atoms with E-state index in [2.05, 4.69) is 27.0 Å². The summed E-state index contributed by atoms with van der Waals surface area (Å²) in [7, 11) is 1.95. The number of benzene rings is 1. The van der Waals surface area contributed by atoms with Crippen molar-refractivity contribution in [2.75, 3.05) is 0 Å². The number of imidazole rings is 1. The molecule has 1 atom stereocenters. The molecule has 1 unspecified atom stereocenters. The van der Waals surface area contributed by atoms with Crippen LogP contribution in [0.15, 0.2) is 41.3 Å². The molecule has 1 aromatic carbocycles. The van der Waals surface area contributed by atoms with Crippen molar-refractivity contribution in [3.05, 3.63) is 52.5 Å². The van der Waals surface area contributed by atoms with E-state index in [1.807, 2.05) is 36.0 Å². The van der Waals surface area contributed by atoms with Crippen molar-refractivity contribution in [2.24, 2.45) is 12.8 Å². The van der Waals surface area contributed by atoms with Gasteiger partial charge in [-0.2, -0.15) is 0 Å². The molecule has 16 heavy (non-hydrogen) atoms. The Morgan fingerprint density at radius 1 is 1.44 bits per heavy atom. The largest absolute Gasteiger partial charge is 0.340 e. The quantitative estimate of drug-likeness (QED) is 0.938. The van der Waals surface area contributed by atoms with E-state index in [0.29, 0.717) is 0 Å². The summed E-state index contributed by atoms with van der Waals surface area (Å²) >= 11 is 3.52. The SMILES string of the molecule is Cn1cnc(C(N)Cc2ccccc2Br)c1. The summed E-state index contributed by atoms with van der Waals surface area (Å²) in [5.41, 5.74) is 8.25. The number of hydrogen-bond donors (Lipinski definition) is 1. The monoisotopic (exact) mass is 279 g/mol. The summed E-state index contributed by atoms with van der Waals surface area (Å²) in [5.74, 6) is 0. The number of aryl methyl sites for hydroxylation is 1. The van der Waals surface area contributed by atoms with Gasteiger partial charge < -0.3 is 10.3 Å². The topological polar surface area (TPSA) is 43.8 Å². The Balaban J connectivity index is 2.13. The molecule has 0 spiro atoms. The Labute approximate surface area is 103 Å². The maximum absolute atomic E-state index is 6.11. The van der Waals surface area contributed by atoms with Gasteiger partial charge >= 0.3 is 0 Å². The minimum absolute atomic E-state index is 0.0556. The molecule has 0 aliphatic rings. The fraction of sp³-hybridized carbons (Fsp3) is 0.250. The van der Waals surface area contributed by atoms with Crippen molar-refractivity contribution in [3.63, 3.8) is 0 Å². The molecule has 2 rings (SSSR count). The van der Waals surface area contributed by atoms with Gasteiger partial charge in [-0.1, -0.05) is 34.1 Å². The molecular weight excluding hydrogens is 266 g/mol. The number of aromatic nitrogens is 2. The predicted octanol–water partition coefficient (Wildman–Crippen LogP) is 2.43. The van der Waals surface area contributed by atoms with E-state index in [4.69, 9.17) is 5.73 Å². The Bertz CT molecular complexity index is 479. The number of nitrogens with two attached hydrogens (primary N) is 1. The second-order valence-electron chi connectivity index (χ2n) is 3.87. The fourth-order valence-corrected chi connectivity index (χ4v) is 2.08. The van der Waals surface area contributed by atoms with E-state index in [0.717, 1.165) is 16.6 Å². The van der Waals surface area contributed by atoms with Gasteiger partial charge in [0.05, 0.1) is 18.1 Å². The fourth-order valence-electron chi connectivity index (χ4n) is 1.63. The average molecular weight is 280 g/mol. The lowest BCUT2D eigenvalue weighted by atomic mass is 10.0. The highest BCUT2D eigenvalue weighted by atomic mass is 79.9. The molecule has 1 heterocycles. The van der Waals surface area contributed by atoms with Crippen LogP contribution in [0.5, 0.6) is 0 Å². The molecule has 0 saturated carbocycles. The van der Waals surface area contributed by atoms with Gasteiger partial charge in [0.15, 0.2) is 0 Å². The lowest BCUT2D eigenvalue weighted by Gasteiger charge is -2.10. The normalized spacial score (nSPS) is 12.7. The first-order valence-electron chi connectivity index (χ1n) is 5.13. The van der Waals surface area contributed by atoms with Gasteiger partial charge in [-0.3, -0.25) is 0 Å². The van der Waals surface area contributed by atoms with E-state index in [-0.39, 0.29) is 6.04 Å². The lowest BCUT2D eigenvalue weighted by Crippen LogP contribution is -2.14. The van der Waals surface area contributed by atoms with Crippen LogP contribution in [0.4, 0.5) is 0 Å². The first-order chi connectivity index (χ1) is 7.66. The highest BCUT2D eigenvalue weighted by Gasteiger charge is 2.11. The van der Waals surface area contributed by atoms with Crippen LogP contribution in [0, 0.1) is 0 Å².